The summed E-state index contributed by atoms with van der Waals surface area (Å²) in [6.07, 6.45) is 4.42. The van der Waals surface area contributed by atoms with Gasteiger partial charge in [0.05, 0.1) is 18.5 Å². The summed E-state index contributed by atoms with van der Waals surface area (Å²) in [7, 11) is 0. The van der Waals surface area contributed by atoms with Crippen LogP contribution in [0.5, 0.6) is 0 Å². The fraction of sp³-hybridized carbons (Fsp3) is 0.133. The van der Waals surface area contributed by atoms with E-state index in [0.29, 0.717) is 19.5 Å². The highest BCUT2D eigenvalue weighted by Crippen LogP contribution is 2.27. The highest BCUT2D eigenvalue weighted by molar-refractivity contribution is 7.15. The second kappa shape index (κ2) is 9.95. The van der Waals surface area contributed by atoms with Crippen LogP contribution in [0.15, 0.2) is 101 Å². The van der Waals surface area contributed by atoms with Crippen molar-refractivity contribution in [2.75, 3.05) is 11.9 Å². The lowest BCUT2D eigenvalue weighted by atomic mass is 10.1. The lowest BCUT2D eigenvalue weighted by molar-refractivity contribution is 0.204. The molecule has 3 aromatic heterocycles. The number of urea groups is 1. The van der Waals surface area contributed by atoms with Crippen LogP contribution in [-0.2, 0) is 13.0 Å². The minimum Gasteiger partial charge on any atom is -0.467 e. The molecule has 7 heteroatoms. The van der Waals surface area contributed by atoms with Gasteiger partial charge in [-0.2, -0.15) is 0 Å². The molecule has 6 rings (SSSR count). The molecule has 0 saturated carbocycles. The molecule has 3 aromatic carbocycles. The Morgan fingerprint density at radius 1 is 1.03 bits per heavy atom. The van der Waals surface area contributed by atoms with Crippen molar-refractivity contribution in [1.29, 1.82) is 0 Å². The van der Waals surface area contributed by atoms with Crippen molar-refractivity contribution < 1.29 is 9.21 Å². The molecule has 0 aliphatic carbocycles. The number of para-hydroxylation sites is 1. The van der Waals surface area contributed by atoms with Crippen LogP contribution >= 0.6 is 11.3 Å². The van der Waals surface area contributed by atoms with Crippen molar-refractivity contribution in [1.82, 2.24) is 14.3 Å². The molecule has 37 heavy (non-hydrogen) atoms. The Balaban J connectivity index is 1.23. The number of carbonyl (C=O) groups excluding carboxylic acids is 1. The van der Waals surface area contributed by atoms with Crippen molar-refractivity contribution in [2.45, 2.75) is 19.9 Å². The van der Waals surface area contributed by atoms with E-state index in [2.05, 4.69) is 63.8 Å². The van der Waals surface area contributed by atoms with E-state index in [4.69, 9.17) is 9.40 Å². The molecule has 6 nitrogen and oxygen atoms in total. The largest absolute Gasteiger partial charge is 0.467 e. The SMILES string of the molecule is Cc1ccccc1NC(=O)N(CCc1csc2nc(-c3ccc4ccccc4c3)cn12)Cc1ccco1. The Kier molecular flexibility index (Phi) is 6.20. The maximum atomic E-state index is 13.3. The number of hydrogen-bond donors (Lipinski definition) is 1. The van der Waals surface area contributed by atoms with Gasteiger partial charge in [-0.1, -0.05) is 54.6 Å². The normalized spacial score (nSPS) is 11.3. The van der Waals surface area contributed by atoms with E-state index in [0.717, 1.165) is 38.9 Å². The van der Waals surface area contributed by atoms with Crippen LogP contribution in [0.4, 0.5) is 10.5 Å². The number of nitrogens with zero attached hydrogens (tertiary/aromatic N) is 3. The predicted octanol–water partition coefficient (Wildman–Crippen LogP) is 7.39. The molecular formula is C30H26N4O2S. The van der Waals surface area contributed by atoms with Crippen LogP contribution in [0, 0.1) is 6.92 Å². The maximum absolute atomic E-state index is 13.3. The molecule has 0 aliphatic rings. The zero-order valence-corrected chi connectivity index (χ0v) is 21.2. The molecule has 2 amide bonds. The summed E-state index contributed by atoms with van der Waals surface area (Å²) in [5.41, 5.74) is 4.99. The van der Waals surface area contributed by atoms with Crippen molar-refractivity contribution in [3.63, 3.8) is 0 Å². The Morgan fingerprint density at radius 3 is 2.70 bits per heavy atom. The minimum atomic E-state index is -0.153. The highest BCUT2D eigenvalue weighted by atomic mass is 32.1. The first-order valence-corrected chi connectivity index (χ1v) is 13.1. The monoisotopic (exact) mass is 506 g/mol. The van der Waals surface area contributed by atoms with Crippen molar-refractivity contribution in [2.24, 2.45) is 0 Å². The molecular weight excluding hydrogens is 480 g/mol. The smallest absolute Gasteiger partial charge is 0.322 e. The van der Waals surface area contributed by atoms with Crippen molar-refractivity contribution >= 4 is 38.8 Å². The first-order valence-electron chi connectivity index (χ1n) is 12.2. The molecule has 1 N–H and O–H groups in total. The zero-order valence-electron chi connectivity index (χ0n) is 20.4. The van der Waals surface area contributed by atoms with Gasteiger partial charge in [0.15, 0.2) is 4.96 Å². The number of hydrogen-bond acceptors (Lipinski definition) is 4. The van der Waals surface area contributed by atoms with Crippen molar-refractivity contribution in [3.05, 3.63) is 114 Å². The van der Waals surface area contributed by atoms with Crippen molar-refractivity contribution in [3.8, 4) is 11.3 Å². The number of aryl methyl sites for hydroxylation is 1. The molecule has 0 radical (unpaired) electrons. The number of rotatable bonds is 7. The van der Waals surface area contributed by atoms with E-state index >= 15 is 0 Å². The quantitative estimate of drug-likeness (QED) is 0.245. The standard InChI is InChI=1S/C30H26N4O2S/c1-21-7-2-5-11-27(21)31-29(35)33(18-26-10-6-16-36-26)15-14-25-20-37-30-32-28(19-34(25)30)24-13-12-22-8-3-4-9-23(22)17-24/h2-13,16-17,19-20H,14-15,18H2,1H3,(H,31,35). The molecule has 184 valence electrons. The average Bonchev–Trinajstić information content (AvgIpc) is 3.66. The van der Waals surface area contributed by atoms with Crippen LogP contribution in [0.1, 0.15) is 17.0 Å². The van der Waals surface area contributed by atoms with Crippen LogP contribution in [-0.4, -0.2) is 26.9 Å². The Morgan fingerprint density at radius 2 is 1.86 bits per heavy atom. The average molecular weight is 507 g/mol. The summed E-state index contributed by atoms with van der Waals surface area (Å²) in [5, 5.41) is 7.60. The van der Waals surface area contributed by atoms with E-state index in [9.17, 15) is 4.79 Å². The molecule has 0 spiro atoms. The van der Waals surface area contributed by atoms with Gasteiger partial charge in [0.2, 0.25) is 0 Å². The Bertz CT molecular complexity index is 1680. The van der Waals surface area contributed by atoms with Gasteiger partial charge in [-0.15, -0.1) is 11.3 Å². The molecule has 0 atom stereocenters. The third-order valence-corrected chi connectivity index (χ3v) is 7.46. The second-order valence-electron chi connectivity index (χ2n) is 9.06. The van der Waals surface area contributed by atoms with Gasteiger partial charge in [0.25, 0.3) is 0 Å². The number of fused-ring (bicyclic) bond motifs is 2. The number of benzene rings is 3. The number of thiazole rings is 1. The molecule has 0 saturated heterocycles. The van der Waals surface area contributed by atoms with Gasteiger partial charge in [-0.3, -0.25) is 4.40 Å². The fourth-order valence-corrected chi connectivity index (χ4v) is 5.40. The van der Waals surface area contributed by atoms with Crippen LogP contribution in [0.25, 0.3) is 27.0 Å². The van der Waals surface area contributed by atoms with Gasteiger partial charge < -0.3 is 14.6 Å². The van der Waals surface area contributed by atoms with E-state index in [1.807, 2.05) is 43.3 Å². The van der Waals surface area contributed by atoms with Crippen LogP contribution in [0.2, 0.25) is 0 Å². The molecule has 3 heterocycles. The molecule has 0 aliphatic heterocycles. The molecule has 0 fully saturated rings. The summed E-state index contributed by atoms with van der Waals surface area (Å²) >= 11 is 1.62. The Hall–Kier alpha value is -4.36. The number of amides is 2. The van der Waals surface area contributed by atoms with Crippen LogP contribution < -0.4 is 5.32 Å². The second-order valence-corrected chi connectivity index (χ2v) is 9.90. The summed E-state index contributed by atoms with van der Waals surface area (Å²) in [6.45, 7) is 2.92. The third-order valence-electron chi connectivity index (χ3n) is 6.57. The maximum Gasteiger partial charge on any atom is 0.322 e. The molecule has 6 aromatic rings. The number of furan rings is 1. The van der Waals surface area contributed by atoms with E-state index < -0.39 is 0 Å². The number of carbonyl (C=O) groups is 1. The topological polar surface area (TPSA) is 62.8 Å². The van der Waals surface area contributed by atoms with E-state index in [1.165, 1.54) is 10.8 Å². The summed E-state index contributed by atoms with van der Waals surface area (Å²) in [6, 6.07) is 26.2. The van der Waals surface area contributed by atoms with Gasteiger partial charge in [0, 0.05) is 41.5 Å². The number of aromatic nitrogens is 2. The predicted molar refractivity (Wildman–Crippen MR) is 149 cm³/mol. The van der Waals surface area contributed by atoms with Gasteiger partial charge >= 0.3 is 6.03 Å². The van der Waals surface area contributed by atoms with Gasteiger partial charge in [-0.05, 0) is 47.5 Å². The van der Waals surface area contributed by atoms with E-state index in [-0.39, 0.29) is 6.03 Å². The first kappa shape index (κ1) is 23.1. The van der Waals surface area contributed by atoms with Crippen LogP contribution in [0.3, 0.4) is 0 Å². The molecule has 0 bridgehead atoms. The first-order chi connectivity index (χ1) is 18.1. The Labute approximate surface area is 218 Å². The lowest BCUT2D eigenvalue weighted by Crippen LogP contribution is -2.36. The number of nitrogens with one attached hydrogen (secondary N) is 1. The highest BCUT2D eigenvalue weighted by Gasteiger charge is 2.18. The van der Waals surface area contributed by atoms with E-state index in [1.54, 1.807) is 22.5 Å². The number of imidazole rings is 1. The molecule has 0 unspecified atom stereocenters. The fourth-order valence-electron chi connectivity index (χ4n) is 4.50. The third kappa shape index (κ3) is 4.86. The number of anilines is 1. The minimum absolute atomic E-state index is 0.153. The van der Waals surface area contributed by atoms with Gasteiger partial charge in [-0.25, -0.2) is 9.78 Å². The summed E-state index contributed by atoms with van der Waals surface area (Å²) in [4.78, 5) is 20.9. The zero-order chi connectivity index (χ0) is 25.2. The summed E-state index contributed by atoms with van der Waals surface area (Å²) in [5.74, 6) is 0.747. The summed E-state index contributed by atoms with van der Waals surface area (Å²) < 4.78 is 7.68. The lowest BCUT2D eigenvalue weighted by Gasteiger charge is -2.22. The van der Waals surface area contributed by atoms with Gasteiger partial charge in [0.1, 0.15) is 5.76 Å².